The van der Waals surface area contributed by atoms with Gasteiger partial charge in [0.2, 0.25) is 11.2 Å². The van der Waals surface area contributed by atoms with Gasteiger partial charge < -0.3 is 19.5 Å². The van der Waals surface area contributed by atoms with Crippen LogP contribution < -0.4 is 9.64 Å². The molecule has 1 saturated heterocycles. The topological polar surface area (TPSA) is 87.2 Å². The first-order chi connectivity index (χ1) is 14.2. The predicted octanol–water partition coefficient (Wildman–Crippen LogP) is 2.85. The molecule has 1 aliphatic heterocycles. The number of nitrogens with one attached hydrogen (secondary N) is 1. The lowest BCUT2D eigenvalue weighted by Crippen LogP contribution is -2.49. The molecule has 0 spiro atoms. The van der Waals surface area contributed by atoms with Gasteiger partial charge in [-0.1, -0.05) is 12.1 Å². The molecule has 0 bridgehead atoms. The van der Waals surface area contributed by atoms with E-state index in [-0.39, 0.29) is 11.2 Å². The number of hydrogen-bond donors (Lipinski definition) is 1. The Labute approximate surface area is 177 Å². The molecule has 8 nitrogen and oxygen atoms in total. The Bertz CT molecular complexity index is 1010. The zero-order valence-electron chi connectivity index (χ0n) is 16.0. The number of benzene rings is 1. The van der Waals surface area contributed by atoms with Gasteiger partial charge in [0, 0.05) is 38.4 Å². The number of piperazine rings is 1. The second-order valence-corrected chi connectivity index (χ2v) is 7.96. The molecule has 1 aliphatic rings. The van der Waals surface area contributed by atoms with Gasteiger partial charge in [-0.25, -0.2) is 9.97 Å². The van der Waals surface area contributed by atoms with Gasteiger partial charge in [0.25, 0.3) is 0 Å². The molecule has 1 N–H and O–H groups in total. The second kappa shape index (κ2) is 8.87. The second-order valence-electron chi connectivity index (χ2n) is 6.54. The molecule has 2 aromatic heterocycles. The molecular formula is C19H21ClN6O2S. The minimum atomic E-state index is 0.151. The number of carbonyl (C=O) groups excluding carboxylic acids is 1. The number of methoxy groups -OCH3 is 1. The van der Waals surface area contributed by atoms with Crippen LogP contribution in [0.1, 0.15) is 6.42 Å². The third-order valence-electron chi connectivity index (χ3n) is 4.84. The van der Waals surface area contributed by atoms with Gasteiger partial charge in [-0.15, -0.1) is 11.8 Å². The number of nitrogens with zero attached hydrogens (tertiary/aromatic N) is 5. The number of hydrogen-bond acceptors (Lipinski definition) is 7. The maximum Gasteiger partial charge on any atom is 0.225 e. The van der Waals surface area contributed by atoms with E-state index in [1.165, 1.54) is 11.8 Å². The number of aromatic nitrogens is 4. The highest BCUT2D eigenvalue weighted by molar-refractivity contribution is 7.99. The molecule has 4 rings (SSSR count). The molecule has 0 saturated carbocycles. The number of rotatable bonds is 6. The van der Waals surface area contributed by atoms with Crippen molar-refractivity contribution in [3.63, 3.8) is 0 Å². The van der Waals surface area contributed by atoms with Crippen LogP contribution in [-0.4, -0.2) is 69.8 Å². The molecule has 10 heteroatoms. The lowest BCUT2D eigenvalue weighted by Gasteiger charge is -2.36. The van der Waals surface area contributed by atoms with Crippen LogP contribution in [0, 0.1) is 0 Å². The lowest BCUT2D eigenvalue weighted by atomic mass is 10.2. The summed E-state index contributed by atoms with van der Waals surface area (Å²) in [5.74, 6) is 1.63. The molecule has 1 amide bonds. The van der Waals surface area contributed by atoms with E-state index in [0.717, 1.165) is 30.0 Å². The van der Waals surface area contributed by atoms with E-state index in [1.807, 2.05) is 23.1 Å². The molecular weight excluding hydrogens is 412 g/mol. The summed E-state index contributed by atoms with van der Waals surface area (Å²) in [5, 5.41) is 0.872. The smallest absolute Gasteiger partial charge is 0.225 e. The molecule has 152 valence electrons. The van der Waals surface area contributed by atoms with E-state index in [0.29, 0.717) is 35.9 Å². The maximum atomic E-state index is 12.6. The van der Waals surface area contributed by atoms with Crippen LogP contribution in [-0.2, 0) is 4.79 Å². The van der Waals surface area contributed by atoms with Gasteiger partial charge >= 0.3 is 0 Å². The summed E-state index contributed by atoms with van der Waals surface area (Å²) in [6.45, 7) is 2.97. The van der Waals surface area contributed by atoms with Crippen LogP contribution in [0.3, 0.4) is 0 Å². The SMILES string of the molecule is COc1ccccc1N1CCN(C(=O)CCSc2nc(Cl)nc3nc[nH]c23)CC1. The predicted molar refractivity (Wildman–Crippen MR) is 114 cm³/mol. The zero-order chi connectivity index (χ0) is 20.2. The number of aromatic amines is 1. The number of H-pyrrole nitrogens is 1. The fourth-order valence-electron chi connectivity index (χ4n) is 3.37. The number of thioether (sulfide) groups is 1. The van der Waals surface area contributed by atoms with Crippen LogP contribution in [0.4, 0.5) is 5.69 Å². The number of carbonyl (C=O) groups is 1. The standard InChI is InChI=1S/C19H21ClN6O2S/c1-28-14-5-3-2-4-13(14)25-7-9-26(10-8-25)15(27)6-11-29-18-16-17(22-12-21-16)23-19(20)24-18/h2-5,12H,6-11H2,1H3,(H,21,22,23,24). The monoisotopic (exact) mass is 432 g/mol. The highest BCUT2D eigenvalue weighted by Crippen LogP contribution is 2.29. The molecule has 29 heavy (non-hydrogen) atoms. The van der Waals surface area contributed by atoms with Crippen LogP contribution >= 0.6 is 23.4 Å². The highest BCUT2D eigenvalue weighted by Gasteiger charge is 2.22. The Hall–Kier alpha value is -2.52. The van der Waals surface area contributed by atoms with Crippen LogP contribution in [0.2, 0.25) is 5.28 Å². The molecule has 1 aromatic carbocycles. The van der Waals surface area contributed by atoms with E-state index in [9.17, 15) is 4.79 Å². The van der Waals surface area contributed by atoms with Gasteiger partial charge in [-0.3, -0.25) is 4.79 Å². The van der Waals surface area contributed by atoms with E-state index in [2.05, 4.69) is 30.9 Å². The van der Waals surface area contributed by atoms with Gasteiger partial charge in [-0.2, -0.15) is 4.98 Å². The summed E-state index contributed by atoms with van der Waals surface area (Å²) < 4.78 is 5.45. The van der Waals surface area contributed by atoms with Crippen LogP contribution in [0.25, 0.3) is 11.2 Å². The Morgan fingerprint density at radius 3 is 2.83 bits per heavy atom. The summed E-state index contributed by atoms with van der Waals surface area (Å²) >= 11 is 7.43. The van der Waals surface area contributed by atoms with Gasteiger partial charge in [0.15, 0.2) is 5.65 Å². The van der Waals surface area contributed by atoms with Crippen molar-refractivity contribution < 1.29 is 9.53 Å². The molecule has 1 fully saturated rings. The van der Waals surface area contributed by atoms with Gasteiger partial charge in [0.1, 0.15) is 16.3 Å². The van der Waals surface area contributed by atoms with E-state index >= 15 is 0 Å². The maximum absolute atomic E-state index is 12.6. The summed E-state index contributed by atoms with van der Waals surface area (Å²) in [5.41, 5.74) is 2.35. The minimum absolute atomic E-state index is 0.151. The van der Waals surface area contributed by atoms with Crippen molar-refractivity contribution >= 4 is 46.1 Å². The first-order valence-corrected chi connectivity index (χ1v) is 10.7. The number of halogens is 1. The lowest BCUT2D eigenvalue weighted by molar-refractivity contribution is -0.131. The highest BCUT2D eigenvalue weighted by atomic mass is 35.5. The summed E-state index contributed by atoms with van der Waals surface area (Å²) in [6, 6.07) is 7.97. The largest absolute Gasteiger partial charge is 0.495 e. The van der Waals surface area contributed by atoms with Crippen molar-refractivity contribution in [3.05, 3.63) is 35.9 Å². The molecule has 3 aromatic rings. The van der Waals surface area contributed by atoms with Crippen molar-refractivity contribution in [3.8, 4) is 5.75 Å². The van der Waals surface area contributed by atoms with Crippen LogP contribution in [0.5, 0.6) is 5.75 Å². The number of amides is 1. The summed E-state index contributed by atoms with van der Waals surface area (Å²) in [6.07, 6.45) is 2.00. The van der Waals surface area contributed by atoms with E-state index in [1.54, 1.807) is 13.4 Å². The molecule has 3 heterocycles. The zero-order valence-corrected chi connectivity index (χ0v) is 17.5. The van der Waals surface area contributed by atoms with Crippen molar-refractivity contribution in [2.45, 2.75) is 11.4 Å². The third kappa shape index (κ3) is 4.40. The molecule has 0 atom stereocenters. The number of anilines is 1. The fourth-order valence-corrected chi connectivity index (χ4v) is 4.50. The number of ether oxygens (including phenoxy) is 1. The number of para-hydroxylation sites is 2. The quantitative estimate of drug-likeness (QED) is 0.364. The van der Waals surface area contributed by atoms with Crippen molar-refractivity contribution in [2.24, 2.45) is 0 Å². The first kappa shape index (κ1) is 19.8. The first-order valence-electron chi connectivity index (χ1n) is 9.31. The third-order valence-corrected chi connectivity index (χ3v) is 5.98. The average Bonchev–Trinajstić information content (AvgIpc) is 3.22. The molecule has 0 radical (unpaired) electrons. The average molecular weight is 433 g/mol. The van der Waals surface area contributed by atoms with Gasteiger partial charge in [0.05, 0.1) is 19.1 Å². The Morgan fingerprint density at radius 1 is 1.24 bits per heavy atom. The number of imidazole rings is 1. The van der Waals surface area contributed by atoms with Gasteiger partial charge in [-0.05, 0) is 23.7 Å². The minimum Gasteiger partial charge on any atom is -0.495 e. The fraction of sp³-hybridized carbons (Fsp3) is 0.368. The van der Waals surface area contributed by atoms with E-state index in [4.69, 9.17) is 16.3 Å². The van der Waals surface area contributed by atoms with Crippen molar-refractivity contribution in [1.29, 1.82) is 0 Å². The van der Waals surface area contributed by atoms with Crippen molar-refractivity contribution in [1.82, 2.24) is 24.8 Å². The normalized spacial score (nSPS) is 14.4. The summed E-state index contributed by atoms with van der Waals surface area (Å²) in [4.78, 5) is 32.2. The van der Waals surface area contributed by atoms with E-state index < -0.39 is 0 Å². The van der Waals surface area contributed by atoms with Crippen molar-refractivity contribution in [2.75, 3.05) is 43.9 Å². The summed E-state index contributed by atoms with van der Waals surface area (Å²) in [7, 11) is 1.68. The Balaban J connectivity index is 1.29. The number of fused-ring (bicyclic) bond motifs is 1. The molecule has 0 unspecified atom stereocenters. The Kier molecular flexibility index (Phi) is 6.05. The van der Waals surface area contributed by atoms with Crippen LogP contribution in [0.15, 0.2) is 35.6 Å². The Morgan fingerprint density at radius 2 is 2.03 bits per heavy atom. The molecule has 0 aliphatic carbocycles.